The van der Waals surface area contributed by atoms with Crippen molar-refractivity contribution in [2.45, 2.75) is 75.9 Å². The summed E-state index contributed by atoms with van der Waals surface area (Å²) in [5.41, 5.74) is -1.48. The smallest absolute Gasteiger partial charge is 0.296 e. The van der Waals surface area contributed by atoms with Crippen molar-refractivity contribution >= 4 is 0 Å². The van der Waals surface area contributed by atoms with Crippen molar-refractivity contribution in [1.29, 1.82) is 5.26 Å². The van der Waals surface area contributed by atoms with E-state index in [2.05, 4.69) is 31.5 Å². The van der Waals surface area contributed by atoms with Gasteiger partial charge in [-0.05, 0) is 46.4 Å². The Hall–Kier alpha value is -3.76. The van der Waals surface area contributed by atoms with E-state index in [-0.39, 0.29) is 53.1 Å². The van der Waals surface area contributed by atoms with Crippen molar-refractivity contribution in [3.8, 4) is 29.5 Å². The molecule has 4 heterocycles. The van der Waals surface area contributed by atoms with Gasteiger partial charge in [0.15, 0.2) is 5.82 Å². The summed E-state index contributed by atoms with van der Waals surface area (Å²) in [6, 6.07) is 7.16. The van der Waals surface area contributed by atoms with Crippen molar-refractivity contribution in [2.75, 3.05) is 20.1 Å². The van der Waals surface area contributed by atoms with Crippen LogP contribution in [0.4, 0.5) is 13.2 Å². The molecule has 2 aliphatic heterocycles. The molecule has 0 aliphatic carbocycles. The van der Waals surface area contributed by atoms with Gasteiger partial charge in [0.1, 0.15) is 30.0 Å². The molecule has 0 spiro atoms. The first-order valence-electron chi connectivity index (χ1n) is 13.5. The molecule has 218 valence electrons. The van der Waals surface area contributed by atoms with Crippen molar-refractivity contribution in [1.82, 2.24) is 30.3 Å². The zero-order chi connectivity index (χ0) is 29.3. The van der Waals surface area contributed by atoms with Crippen LogP contribution in [0, 0.1) is 23.0 Å². The molecule has 1 aromatic carbocycles. The highest BCUT2D eigenvalue weighted by Crippen LogP contribution is 2.35. The van der Waals surface area contributed by atoms with Gasteiger partial charge in [-0.2, -0.15) is 20.2 Å². The molecule has 5 atom stereocenters. The summed E-state index contributed by atoms with van der Waals surface area (Å²) in [4.78, 5) is 15.2. The van der Waals surface area contributed by atoms with Crippen molar-refractivity contribution in [3.05, 3.63) is 47.3 Å². The van der Waals surface area contributed by atoms with Crippen molar-refractivity contribution < 1.29 is 27.2 Å². The van der Waals surface area contributed by atoms with Gasteiger partial charge in [-0.1, -0.05) is 11.2 Å². The number of likely N-dealkylation sites (N-methyl/N-ethyl adjacent to an activating group) is 1. The quantitative estimate of drug-likeness (QED) is 0.404. The molecule has 0 amide bonds. The molecule has 10 nitrogen and oxygen atoms in total. The van der Waals surface area contributed by atoms with E-state index in [4.69, 9.17) is 19.3 Å². The van der Waals surface area contributed by atoms with Crippen molar-refractivity contribution in [2.24, 2.45) is 0 Å². The van der Waals surface area contributed by atoms with Gasteiger partial charge in [0.2, 0.25) is 17.6 Å². The lowest BCUT2D eigenvalue weighted by atomic mass is 9.83. The summed E-state index contributed by atoms with van der Waals surface area (Å²) in [5, 5.41) is 16.2. The maximum Gasteiger partial charge on any atom is 0.296 e. The Labute approximate surface area is 235 Å². The maximum atomic E-state index is 14.6. The predicted octanol–water partition coefficient (Wildman–Crippen LogP) is 3.96. The number of ether oxygens (including phenoxy) is 2. The van der Waals surface area contributed by atoms with E-state index < -0.39 is 29.3 Å². The van der Waals surface area contributed by atoms with Crippen LogP contribution >= 0.6 is 0 Å². The maximum absolute atomic E-state index is 14.6. The first kappa shape index (κ1) is 28.8. The van der Waals surface area contributed by atoms with E-state index in [0.717, 1.165) is 0 Å². The van der Waals surface area contributed by atoms with Gasteiger partial charge in [0.25, 0.3) is 5.89 Å². The normalized spacial score (nSPS) is 23.9. The monoisotopic (exact) mass is 571 g/mol. The SMILES string of the molecule is C[C@H](Oc1cc(O[C@H]2CN[C@H](CC#N)C2)nc(-c2nc(C(C)(C)c3c(F)cccc3F)no2)n1)[C@@H]1C[C@@H](F)CN1C. The Kier molecular flexibility index (Phi) is 8.15. The molecule has 0 bridgehead atoms. The standard InChI is InChI=1S/C28H32F3N7O3/c1-15(21-10-16(29)14-38(21)4)39-22-12-23(40-18-11-17(8-9-32)33-13-18)35-25(34-22)26-36-27(37-41-26)28(2,3)24-19(30)6-5-7-20(24)31/h5-7,12,15-18,21,33H,8,10-11,13-14H2,1-4H3/t15-,16+,17+,18+,21-/m0/s1. The Morgan fingerprint density at radius 2 is 1.93 bits per heavy atom. The number of benzene rings is 1. The third-order valence-corrected chi connectivity index (χ3v) is 7.65. The molecule has 5 rings (SSSR count). The number of nitrogens with one attached hydrogen (secondary N) is 1. The molecule has 41 heavy (non-hydrogen) atoms. The first-order valence-corrected chi connectivity index (χ1v) is 13.5. The lowest BCUT2D eigenvalue weighted by Crippen LogP contribution is -2.38. The number of likely N-dealkylation sites (tertiary alicyclic amines) is 1. The first-order chi connectivity index (χ1) is 19.5. The highest BCUT2D eigenvalue weighted by molar-refractivity contribution is 5.45. The predicted molar refractivity (Wildman–Crippen MR) is 141 cm³/mol. The van der Waals surface area contributed by atoms with Crippen LogP contribution in [0.3, 0.4) is 0 Å². The van der Waals surface area contributed by atoms with Crippen LogP contribution in [-0.4, -0.2) is 75.6 Å². The topological polar surface area (TPSA) is 122 Å². The minimum absolute atomic E-state index is 0.00377. The van der Waals surface area contributed by atoms with Crippen molar-refractivity contribution in [3.63, 3.8) is 0 Å². The number of alkyl halides is 1. The van der Waals surface area contributed by atoms with Gasteiger partial charge in [-0.3, -0.25) is 4.90 Å². The molecule has 1 N–H and O–H groups in total. The zero-order valence-electron chi connectivity index (χ0n) is 23.3. The number of nitriles is 1. The van der Waals surface area contributed by atoms with Gasteiger partial charge in [-0.25, -0.2) is 13.2 Å². The average Bonchev–Trinajstić information content (AvgIpc) is 3.64. The highest BCUT2D eigenvalue weighted by atomic mass is 19.1. The molecule has 2 fully saturated rings. The van der Waals surface area contributed by atoms with E-state index in [9.17, 15) is 13.2 Å². The van der Waals surface area contributed by atoms with Crippen LogP contribution in [0.15, 0.2) is 28.8 Å². The summed E-state index contributed by atoms with van der Waals surface area (Å²) >= 11 is 0. The molecule has 0 radical (unpaired) electrons. The van der Waals surface area contributed by atoms with Gasteiger partial charge in [-0.15, -0.1) is 0 Å². The van der Waals surface area contributed by atoms with E-state index >= 15 is 0 Å². The molecule has 0 unspecified atom stereocenters. The molecule has 2 aromatic heterocycles. The number of hydrogen-bond donors (Lipinski definition) is 1. The van der Waals surface area contributed by atoms with E-state index in [1.165, 1.54) is 24.3 Å². The van der Waals surface area contributed by atoms with Gasteiger partial charge >= 0.3 is 0 Å². The van der Waals surface area contributed by atoms with Crippen LogP contribution in [0.1, 0.15) is 51.4 Å². The minimum atomic E-state index is -1.28. The summed E-state index contributed by atoms with van der Waals surface area (Å²) in [5.74, 6) is -1.19. The lowest BCUT2D eigenvalue weighted by Gasteiger charge is -2.26. The molecule has 13 heteroatoms. The Balaban J connectivity index is 1.45. The second kappa shape index (κ2) is 11.6. The molecule has 3 aromatic rings. The zero-order valence-corrected chi connectivity index (χ0v) is 23.3. The fourth-order valence-corrected chi connectivity index (χ4v) is 5.49. The molecular formula is C28H32F3N7O3. The van der Waals surface area contributed by atoms with Crippen LogP contribution in [0.2, 0.25) is 0 Å². The Morgan fingerprint density at radius 3 is 2.61 bits per heavy atom. The number of rotatable bonds is 9. The second-order valence-electron chi connectivity index (χ2n) is 11.1. The molecular weight excluding hydrogens is 539 g/mol. The fraction of sp³-hybridized carbons (Fsp3) is 0.536. The summed E-state index contributed by atoms with van der Waals surface area (Å²) in [7, 11) is 1.84. The van der Waals surface area contributed by atoms with Crippen LogP contribution in [0.25, 0.3) is 11.7 Å². The fourth-order valence-electron chi connectivity index (χ4n) is 5.49. The summed E-state index contributed by atoms with van der Waals surface area (Å²) in [6.07, 6.45) is -0.305. The molecule has 0 saturated carbocycles. The largest absolute Gasteiger partial charge is 0.473 e. The Bertz CT molecular complexity index is 1410. The molecule has 2 saturated heterocycles. The average molecular weight is 572 g/mol. The van der Waals surface area contributed by atoms with E-state index in [0.29, 0.717) is 32.4 Å². The van der Waals surface area contributed by atoms with E-state index in [1.807, 2.05) is 18.9 Å². The number of nitrogens with zero attached hydrogens (tertiary/aromatic N) is 6. The van der Waals surface area contributed by atoms with Gasteiger partial charge in [0.05, 0.1) is 24.0 Å². The van der Waals surface area contributed by atoms with Crippen LogP contribution in [-0.2, 0) is 5.41 Å². The second-order valence-corrected chi connectivity index (χ2v) is 11.1. The van der Waals surface area contributed by atoms with Crippen LogP contribution in [0.5, 0.6) is 11.8 Å². The lowest BCUT2D eigenvalue weighted by molar-refractivity contribution is 0.115. The molecule has 2 aliphatic rings. The van der Waals surface area contributed by atoms with Gasteiger partial charge < -0.3 is 19.3 Å². The number of aromatic nitrogens is 4. The third kappa shape index (κ3) is 6.13. The highest BCUT2D eigenvalue weighted by Gasteiger charge is 2.36. The summed E-state index contributed by atoms with van der Waals surface area (Å²) < 4.78 is 60.9. The summed E-state index contributed by atoms with van der Waals surface area (Å²) in [6.45, 7) is 5.85. The van der Waals surface area contributed by atoms with Crippen LogP contribution < -0.4 is 14.8 Å². The van der Waals surface area contributed by atoms with Gasteiger partial charge in [0, 0.05) is 37.2 Å². The number of hydrogen-bond acceptors (Lipinski definition) is 10. The number of halogens is 3. The third-order valence-electron chi connectivity index (χ3n) is 7.65. The van der Waals surface area contributed by atoms with E-state index in [1.54, 1.807) is 13.8 Å². The Morgan fingerprint density at radius 1 is 1.20 bits per heavy atom. The minimum Gasteiger partial charge on any atom is -0.473 e.